The minimum absolute atomic E-state index is 0.0146. The molecule has 1 amide bonds. The van der Waals surface area contributed by atoms with Crippen LogP contribution in [0.3, 0.4) is 0 Å². The first kappa shape index (κ1) is 16.9. The number of halogens is 3. The zero-order valence-electron chi connectivity index (χ0n) is 13.2. The number of carbonyl (C=O) groups excluding carboxylic acids is 1. The summed E-state index contributed by atoms with van der Waals surface area (Å²) in [7, 11) is 0. The molecule has 1 aliphatic heterocycles. The number of fused-ring (bicyclic) bond motifs is 1. The van der Waals surface area contributed by atoms with Crippen molar-refractivity contribution in [2.45, 2.75) is 50.7 Å². The third-order valence-corrected chi connectivity index (χ3v) is 4.58. The summed E-state index contributed by atoms with van der Waals surface area (Å²) >= 11 is 0. The van der Waals surface area contributed by atoms with Crippen LogP contribution in [0.4, 0.5) is 13.2 Å². The molecule has 1 aromatic rings. The van der Waals surface area contributed by atoms with Gasteiger partial charge in [0, 0.05) is 12.5 Å². The third kappa shape index (κ3) is 4.13. The average Bonchev–Trinajstić information content (AvgIpc) is 3.00. The molecule has 0 saturated heterocycles. The first-order valence-corrected chi connectivity index (χ1v) is 8.16. The molecule has 4 nitrogen and oxygen atoms in total. The van der Waals surface area contributed by atoms with Crippen LogP contribution in [0.25, 0.3) is 0 Å². The lowest BCUT2D eigenvalue weighted by atomic mass is 9.85. The number of nitrogens with one attached hydrogen (secondary N) is 1. The summed E-state index contributed by atoms with van der Waals surface area (Å²) in [4.78, 5) is 12.0. The highest BCUT2D eigenvalue weighted by Gasteiger charge is 2.42. The van der Waals surface area contributed by atoms with Crippen molar-refractivity contribution < 1.29 is 27.4 Å². The molecule has 1 heterocycles. The topological polar surface area (TPSA) is 47.6 Å². The Hall–Kier alpha value is -1.92. The van der Waals surface area contributed by atoms with Gasteiger partial charge in [-0.3, -0.25) is 4.79 Å². The van der Waals surface area contributed by atoms with Crippen LogP contribution < -0.4 is 14.8 Å². The smallest absolute Gasteiger partial charge is 0.391 e. The first-order chi connectivity index (χ1) is 11.4. The Morgan fingerprint density at radius 3 is 2.79 bits per heavy atom. The van der Waals surface area contributed by atoms with Gasteiger partial charge in [-0.2, -0.15) is 13.2 Å². The van der Waals surface area contributed by atoms with Crippen LogP contribution in [0.2, 0.25) is 0 Å². The average molecular weight is 343 g/mol. The van der Waals surface area contributed by atoms with Crippen molar-refractivity contribution in [1.29, 1.82) is 0 Å². The minimum Gasteiger partial charge on any atom is -0.454 e. The van der Waals surface area contributed by atoms with E-state index in [1.165, 1.54) is 0 Å². The van der Waals surface area contributed by atoms with Gasteiger partial charge in [-0.25, -0.2) is 0 Å². The molecule has 2 atom stereocenters. The van der Waals surface area contributed by atoms with Gasteiger partial charge in [-0.05, 0) is 43.4 Å². The highest BCUT2D eigenvalue weighted by Crippen LogP contribution is 2.37. The second-order valence-electron chi connectivity index (χ2n) is 6.36. The van der Waals surface area contributed by atoms with E-state index in [9.17, 15) is 18.0 Å². The maximum atomic E-state index is 12.8. The Labute approximate surface area is 138 Å². The van der Waals surface area contributed by atoms with Gasteiger partial charge in [0.25, 0.3) is 0 Å². The summed E-state index contributed by atoms with van der Waals surface area (Å²) in [6.45, 7) is 0.196. The fourth-order valence-electron chi connectivity index (χ4n) is 3.27. The summed E-state index contributed by atoms with van der Waals surface area (Å²) in [6, 6.07) is 5.11. The third-order valence-electron chi connectivity index (χ3n) is 4.58. The van der Waals surface area contributed by atoms with E-state index in [-0.39, 0.29) is 38.0 Å². The summed E-state index contributed by atoms with van der Waals surface area (Å²) < 4.78 is 48.9. The van der Waals surface area contributed by atoms with Gasteiger partial charge >= 0.3 is 6.18 Å². The predicted molar refractivity (Wildman–Crippen MR) is 80.8 cm³/mol. The van der Waals surface area contributed by atoms with Gasteiger partial charge in [0.05, 0.1) is 5.92 Å². The van der Waals surface area contributed by atoms with Gasteiger partial charge in [-0.15, -0.1) is 0 Å². The SMILES string of the molecule is O=C(CCc1ccc2c(c1)OCO2)NC1CCCC(C(F)(F)F)C1. The minimum atomic E-state index is -4.17. The summed E-state index contributed by atoms with van der Waals surface area (Å²) in [5.41, 5.74) is 0.936. The van der Waals surface area contributed by atoms with E-state index in [1.54, 1.807) is 6.07 Å². The molecule has 2 unspecified atom stereocenters. The number of hydrogen-bond acceptors (Lipinski definition) is 3. The predicted octanol–water partition coefficient (Wildman–Crippen LogP) is 3.59. The molecule has 0 radical (unpaired) electrons. The van der Waals surface area contributed by atoms with Crippen molar-refractivity contribution >= 4 is 5.91 Å². The van der Waals surface area contributed by atoms with Crippen LogP contribution in [0.1, 0.15) is 37.7 Å². The molecular weight excluding hydrogens is 323 g/mol. The Bertz CT molecular complexity index is 603. The van der Waals surface area contributed by atoms with Crippen LogP contribution in [0, 0.1) is 5.92 Å². The fourth-order valence-corrected chi connectivity index (χ4v) is 3.27. The van der Waals surface area contributed by atoms with Crippen LogP contribution in [0.5, 0.6) is 11.5 Å². The molecular formula is C17H20F3NO3. The normalized spacial score (nSPS) is 23.1. The Morgan fingerprint density at radius 2 is 2.00 bits per heavy atom. The zero-order valence-corrected chi connectivity index (χ0v) is 13.2. The molecule has 7 heteroatoms. The molecule has 3 rings (SSSR count). The number of aryl methyl sites for hydroxylation is 1. The second-order valence-corrected chi connectivity index (χ2v) is 6.36. The maximum absolute atomic E-state index is 12.8. The largest absolute Gasteiger partial charge is 0.454 e. The lowest BCUT2D eigenvalue weighted by Gasteiger charge is -2.31. The molecule has 1 aromatic carbocycles. The number of ether oxygens (including phenoxy) is 2. The highest BCUT2D eigenvalue weighted by molar-refractivity contribution is 5.76. The van der Waals surface area contributed by atoms with Gasteiger partial charge in [-0.1, -0.05) is 12.5 Å². The van der Waals surface area contributed by atoms with Crippen LogP contribution in [-0.2, 0) is 11.2 Å². The lowest BCUT2D eigenvalue weighted by molar-refractivity contribution is -0.184. The van der Waals surface area contributed by atoms with Crippen LogP contribution >= 0.6 is 0 Å². The molecule has 132 valence electrons. The summed E-state index contributed by atoms with van der Waals surface area (Å²) in [5.74, 6) is -0.164. The van der Waals surface area contributed by atoms with Crippen molar-refractivity contribution in [3.8, 4) is 11.5 Å². The van der Waals surface area contributed by atoms with E-state index in [0.29, 0.717) is 30.8 Å². The first-order valence-electron chi connectivity index (χ1n) is 8.16. The van der Waals surface area contributed by atoms with Crippen LogP contribution in [0.15, 0.2) is 18.2 Å². The van der Waals surface area contributed by atoms with E-state index in [4.69, 9.17) is 9.47 Å². The standard InChI is InChI=1S/C17H20F3NO3/c18-17(19,20)12-2-1-3-13(9-12)21-16(22)7-5-11-4-6-14-15(8-11)24-10-23-14/h4,6,8,12-13H,1-3,5,7,9-10H2,(H,21,22). The Balaban J connectivity index is 1.47. The van der Waals surface area contributed by atoms with Crippen molar-refractivity contribution in [1.82, 2.24) is 5.32 Å². The number of benzene rings is 1. The van der Waals surface area contributed by atoms with Gasteiger partial charge in [0.2, 0.25) is 12.7 Å². The number of amides is 1. The van der Waals surface area contributed by atoms with Gasteiger partial charge in [0.15, 0.2) is 11.5 Å². The van der Waals surface area contributed by atoms with E-state index < -0.39 is 12.1 Å². The lowest BCUT2D eigenvalue weighted by Crippen LogP contribution is -2.41. The Morgan fingerprint density at radius 1 is 1.21 bits per heavy atom. The molecule has 0 aromatic heterocycles. The number of carbonyl (C=O) groups is 1. The quantitative estimate of drug-likeness (QED) is 0.909. The number of hydrogen-bond donors (Lipinski definition) is 1. The molecule has 1 fully saturated rings. The molecule has 1 N–H and O–H groups in total. The number of alkyl halides is 3. The van der Waals surface area contributed by atoms with Crippen molar-refractivity contribution in [3.63, 3.8) is 0 Å². The fraction of sp³-hybridized carbons (Fsp3) is 0.588. The maximum Gasteiger partial charge on any atom is 0.391 e. The molecule has 1 saturated carbocycles. The molecule has 2 aliphatic rings. The van der Waals surface area contributed by atoms with Gasteiger partial charge in [0.1, 0.15) is 0 Å². The van der Waals surface area contributed by atoms with E-state index in [1.807, 2.05) is 12.1 Å². The molecule has 24 heavy (non-hydrogen) atoms. The summed E-state index contributed by atoms with van der Waals surface area (Å²) in [5, 5.41) is 2.75. The van der Waals surface area contributed by atoms with Crippen molar-refractivity contribution in [2.24, 2.45) is 5.92 Å². The van der Waals surface area contributed by atoms with Crippen LogP contribution in [-0.4, -0.2) is 24.9 Å². The number of rotatable bonds is 4. The Kier molecular flexibility index (Phi) is 4.87. The molecule has 0 bridgehead atoms. The molecule has 1 aliphatic carbocycles. The zero-order chi connectivity index (χ0) is 17.2. The van der Waals surface area contributed by atoms with E-state index in [0.717, 1.165) is 5.56 Å². The van der Waals surface area contributed by atoms with E-state index in [2.05, 4.69) is 5.32 Å². The van der Waals surface area contributed by atoms with Gasteiger partial charge < -0.3 is 14.8 Å². The highest BCUT2D eigenvalue weighted by atomic mass is 19.4. The second kappa shape index (κ2) is 6.91. The van der Waals surface area contributed by atoms with Crippen molar-refractivity contribution in [3.05, 3.63) is 23.8 Å². The van der Waals surface area contributed by atoms with Crippen molar-refractivity contribution in [2.75, 3.05) is 6.79 Å². The monoisotopic (exact) mass is 343 g/mol. The molecule has 0 spiro atoms. The summed E-state index contributed by atoms with van der Waals surface area (Å²) in [6.07, 6.45) is -2.16. The van der Waals surface area contributed by atoms with E-state index >= 15 is 0 Å².